The molecule has 2 aromatic rings. The number of methoxy groups -OCH3 is 2. The second kappa shape index (κ2) is 14.9. The Morgan fingerprint density at radius 3 is 2.25 bits per heavy atom. The minimum atomic E-state index is -0.294. The molecule has 0 fully saturated rings. The molecule has 0 saturated carbocycles. The molecule has 2 aromatic carbocycles. The highest BCUT2D eigenvalue weighted by atomic mass is 16.5. The monoisotopic (exact) mass is 440 g/mol. The van der Waals surface area contributed by atoms with Crippen molar-refractivity contribution in [2.75, 3.05) is 20.8 Å². The number of nitrogens with zero attached hydrogens (tertiary/aromatic N) is 1. The van der Waals surface area contributed by atoms with Crippen LogP contribution >= 0.6 is 0 Å². The third kappa shape index (κ3) is 8.61. The van der Waals surface area contributed by atoms with Gasteiger partial charge in [0.05, 0.1) is 27.0 Å². The van der Waals surface area contributed by atoms with Crippen molar-refractivity contribution in [3.05, 3.63) is 53.6 Å². The molecule has 0 aliphatic rings. The van der Waals surface area contributed by atoms with Crippen molar-refractivity contribution in [1.82, 2.24) is 5.43 Å². The van der Waals surface area contributed by atoms with Gasteiger partial charge in [-0.05, 0) is 42.8 Å². The van der Waals surface area contributed by atoms with E-state index >= 15 is 0 Å². The van der Waals surface area contributed by atoms with E-state index in [2.05, 4.69) is 17.5 Å². The number of amides is 1. The summed E-state index contributed by atoms with van der Waals surface area (Å²) >= 11 is 0. The first kappa shape index (κ1) is 25.2. The summed E-state index contributed by atoms with van der Waals surface area (Å²) in [5, 5.41) is 4.03. The van der Waals surface area contributed by atoms with Crippen LogP contribution in [0.25, 0.3) is 0 Å². The number of carbonyl (C=O) groups excluding carboxylic acids is 1. The normalized spacial score (nSPS) is 10.8. The number of hydrazone groups is 1. The SMILES string of the molecule is CCCCCCCCCCOc1ccc(C(=O)NN=Cc2cccc(OC)c2OC)cc1. The molecule has 0 heterocycles. The zero-order valence-electron chi connectivity index (χ0n) is 19.6. The van der Waals surface area contributed by atoms with Gasteiger partial charge < -0.3 is 14.2 Å². The Kier molecular flexibility index (Phi) is 11.7. The maximum absolute atomic E-state index is 12.3. The summed E-state index contributed by atoms with van der Waals surface area (Å²) in [4.78, 5) is 12.3. The Hall–Kier alpha value is -3.02. The van der Waals surface area contributed by atoms with Crippen LogP contribution in [-0.4, -0.2) is 32.9 Å². The predicted octanol–water partition coefficient (Wildman–Crippen LogP) is 5.99. The average molecular weight is 441 g/mol. The zero-order valence-corrected chi connectivity index (χ0v) is 19.6. The maximum Gasteiger partial charge on any atom is 0.271 e. The largest absolute Gasteiger partial charge is 0.494 e. The van der Waals surface area contributed by atoms with Crippen LogP contribution in [0.4, 0.5) is 0 Å². The van der Waals surface area contributed by atoms with Gasteiger partial charge in [0, 0.05) is 11.1 Å². The molecule has 0 unspecified atom stereocenters. The molecule has 1 N–H and O–H groups in total. The lowest BCUT2D eigenvalue weighted by atomic mass is 10.1. The topological polar surface area (TPSA) is 69.2 Å². The number of hydrogen-bond donors (Lipinski definition) is 1. The fraction of sp³-hybridized carbons (Fsp3) is 0.462. The quantitative estimate of drug-likeness (QED) is 0.210. The van der Waals surface area contributed by atoms with E-state index in [9.17, 15) is 4.79 Å². The molecular formula is C26H36N2O4. The Labute approximate surface area is 192 Å². The van der Waals surface area contributed by atoms with Crippen LogP contribution in [-0.2, 0) is 0 Å². The number of carbonyl (C=O) groups is 1. The summed E-state index contributed by atoms with van der Waals surface area (Å²) in [6, 6.07) is 12.6. The number of hydrogen-bond acceptors (Lipinski definition) is 5. The Morgan fingerprint density at radius 1 is 0.906 bits per heavy atom. The first-order valence-electron chi connectivity index (χ1n) is 11.5. The molecule has 0 spiro atoms. The van der Waals surface area contributed by atoms with E-state index in [4.69, 9.17) is 14.2 Å². The number of para-hydroxylation sites is 1. The molecule has 0 aliphatic heterocycles. The lowest BCUT2D eigenvalue weighted by molar-refractivity contribution is 0.0955. The van der Waals surface area contributed by atoms with E-state index in [1.54, 1.807) is 32.4 Å². The summed E-state index contributed by atoms with van der Waals surface area (Å²) in [6.45, 7) is 2.94. The van der Waals surface area contributed by atoms with Gasteiger partial charge in [0.2, 0.25) is 0 Å². The van der Waals surface area contributed by atoms with Gasteiger partial charge in [-0.15, -0.1) is 0 Å². The lowest BCUT2D eigenvalue weighted by Gasteiger charge is -2.09. The van der Waals surface area contributed by atoms with Crippen molar-refractivity contribution in [2.24, 2.45) is 5.10 Å². The van der Waals surface area contributed by atoms with Crippen LogP contribution in [0.5, 0.6) is 17.2 Å². The molecule has 6 heteroatoms. The number of rotatable bonds is 15. The number of unbranched alkanes of at least 4 members (excludes halogenated alkanes) is 7. The van der Waals surface area contributed by atoms with Gasteiger partial charge in [0.25, 0.3) is 5.91 Å². The van der Waals surface area contributed by atoms with Gasteiger partial charge >= 0.3 is 0 Å². The van der Waals surface area contributed by atoms with Gasteiger partial charge in [-0.25, -0.2) is 5.43 Å². The first-order chi connectivity index (χ1) is 15.7. The number of benzene rings is 2. The molecule has 32 heavy (non-hydrogen) atoms. The van der Waals surface area contributed by atoms with Crippen LogP contribution < -0.4 is 19.6 Å². The standard InChI is InChI=1S/C26H36N2O4/c1-4-5-6-7-8-9-10-11-19-32-23-17-15-21(16-18-23)26(29)28-27-20-22-13-12-14-24(30-2)25(22)31-3/h12-18,20H,4-11,19H2,1-3H3,(H,28,29). The fourth-order valence-corrected chi connectivity index (χ4v) is 3.37. The van der Waals surface area contributed by atoms with E-state index in [0.717, 1.165) is 12.2 Å². The Balaban J connectivity index is 1.72. The molecule has 0 atom stereocenters. The minimum absolute atomic E-state index is 0.294. The first-order valence-corrected chi connectivity index (χ1v) is 11.5. The van der Waals surface area contributed by atoms with Gasteiger partial charge in [-0.3, -0.25) is 4.79 Å². The van der Waals surface area contributed by atoms with E-state index < -0.39 is 0 Å². The molecule has 2 rings (SSSR count). The van der Waals surface area contributed by atoms with E-state index in [1.165, 1.54) is 51.2 Å². The van der Waals surface area contributed by atoms with Crippen LogP contribution in [0.1, 0.15) is 74.2 Å². The third-order valence-corrected chi connectivity index (χ3v) is 5.19. The molecule has 6 nitrogen and oxygen atoms in total. The summed E-state index contributed by atoms with van der Waals surface area (Å²) in [5.41, 5.74) is 3.75. The summed E-state index contributed by atoms with van der Waals surface area (Å²) in [6.07, 6.45) is 11.7. The molecule has 0 saturated heterocycles. The van der Waals surface area contributed by atoms with Crippen LogP contribution in [0.15, 0.2) is 47.6 Å². The summed E-state index contributed by atoms with van der Waals surface area (Å²) in [5.74, 6) is 1.64. The van der Waals surface area contributed by atoms with Crippen molar-refractivity contribution in [1.29, 1.82) is 0 Å². The molecule has 0 aliphatic carbocycles. The fourth-order valence-electron chi connectivity index (χ4n) is 3.37. The Bertz CT molecular complexity index is 834. The summed E-state index contributed by atoms with van der Waals surface area (Å²) in [7, 11) is 3.13. The van der Waals surface area contributed by atoms with Crippen molar-refractivity contribution >= 4 is 12.1 Å². The highest BCUT2D eigenvalue weighted by molar-refractivity contribution is 5.95. The van der Waals surface area contributed by atoms with E-state index in [1.807, 2.05) is 24.3 Å². The number of nitrogens with one attached hydrogen (secondary N) is 1. The highest BCUT2D eigenvalue weighted by Crippen LogP contribution is 2.29. The third-order valence-electron chi connectivity index (χ3n) is 5.19. The zero-order chi connectivity index (χ0) is 23.0. The maximum atomic E-state index is 12.3. The molecule has 174 valence electrons. The molecule has 0 aromatic heterocycles. The van der Waals surface area contributed by atoms with E-state index in [-0.39, 0.29) is 5.91 Å². The lowest BCUT2D eigenvalue weighted by Crippen LogP contribution is -2.17. The second-order valence-corrected chi connectivity index (χ2v) is 7.63. The van der Waals surface area contributed by atoms with Crippen molar-refractivity contribution in [2.45, 2.75) is 58.3 Å². The van der Waals surface area contributed by atoms with Crippen LogP contribution in [0, 0.1) is 0 Å². The Morgan fingerprint density at radius 2 is 1.59 bits per heavy atom. The van der Waals surface area contributed by atoms with Crippen molar-refractivity contribution in [3.63, 3.8) is 0 Å². The van der Waals surface area contributed by atoms with Gasteiger partial charge in [-0.1, -0.05) is 57.9 Å². The van der Waals surface area contributed by atoms with Gasteiger partial charge in [0.1, 0.15) is 5.75 Å². The minimum Gasteiger partial charge on any atom is -0.494 e. The average Bonchev–Trinajstić information content (AvgIpc) is 2.83. The molecule has 1 amide bonds. The summed E-state index contributed by atoms with van der Waals surface area (Å²) < 4.78 is 16.4. The van der Waals surface area contributed by atoms with Gasteiger partial charge in [0.15, 0.2) is 11.5 Å². The highest BCUT2D eigenvalue weighted by Gasteiger charge is 2.08. The molecular weight excluding hydrogens is 404 g/mol. The van der Waals surface area contributed by atoms with Crippen molar-refractivity contribution in [3.8, 4) is 17.2 Å². The van der Waals surface area contributed by atoms with Crippen LogP contribution in [0.2, 0.25) is 0 Å². The van der Waals surface area contributed by atoms with E-state index in [0.29, 0.717) is 29.2 Å². The second-order valence-electron chi connectivity index (χ2n) is 7.63. The number of ether oxygens (including phenoxy) is 3. The van der Waals surface area contributed by atoms with Crippen LogP contribution in [0.3, 0.4) is 0 Å². The van der Waals surface area contributed by atoms with Gasteiger partial charge in [-0.2, -0.15) is 5.10 Å². The smallest absolute Gasteiger partial charge is 0.271 e. The predicted molar refractivity (Wildman–Crippen MR) is 129 cm³/mol. The molecule has 0 radical (unpaired) electrons. The van der Waals surface area contributed by atoms with Crippen molar-refractivity contribution < 1.29 is 19.0 Å². The molecule has 0 bridgehead atoms.